The molecule has 0 atom stereocenters. The minimum absolute atomic E-state index is 0.774. The Balaban J connectivity index is 2.70. The lowest BCUT2D eigenvalue weighted by molar-refractivity contribution is -0.575. The molecule has 3 rings (SSSR count). The van der Waals surface area contributed by atoms with Crippen molar-refractivity contribution in [3.8, 4) is 0 Å². The van der Waals surface area contributed by atoms with Gasteiger partial charge in [-0.25, -0.2) is 0 Å². The number of nitrogens with zero attached hydrogens (tertiary/aromatic N) is 1. The number of hydrogen-bond acceptors (Lipinski definition) is 3. The van der Waals surface area contributed by atoms with Crippen LogP contribution in [0.5, 0.6) is 0 Å². The minimum Gasteiger partial charge on any atom is -0.618 e. The van der Waals surface area contributed by atoms with Gasteiger partial charge in [-0.3, -0.25) is 0 Å². The molecule has 0 spiro atoms. The molecule has 0 saturated carbocycles. The van der Waals surface area contributed by atoms with Crippen molar-refractivity contribution in [1.29, 1.82) is 0 Å². The molecule has 0 N–H and O–H groups in total. The Morgan fingerprint density at radius 2 is 1.77 bits per heavy atom. The maximum Gasteiger partial charge on any atom is 0.235 e. The number of pyridine rings is 1. The zero-order chi connectivity index (χ0) is 8.84. The summed E-state index contributed by atoms with van der Waals surface area (Å²) < 4.78 is 0.945. The second-order valence-electron chi connectivity index (χ2n) is 2.87. The first-order valence-corrected chi connectivity index (χ1v) is 5.69. The molecule has 0 aliphatic carbocycles. The zero-order valence-electron chi connectivity index (χ0n) is 6.56. The molecule has 0 radical (unpaired) electrons. The van der Waals surface area contributed by atoms with Crippen LogP contribution in [-0.4, -0.2) is 0 Å². The van der Waals surface area contributed by atoms with Crippen LogP contribution in [-0.2, 0) is 0 Å². The van der Waals surface area contributed by atoms with Crippen molar-refractivity contribution in [2.75, 3.05) is 0 Å². The van der Waals surface area contributed by atoms with Crippen LogP contribution in [0.4, 0.5) is 0 Å². The van der Waals surface area contributed by atoms with E-state index in [1.807, 2.05) is 16.1 Å². The Hall–Kier alpha value is -1.13. The number of fused-ring (bicyclic) bond motifs is 3. The molecule has 3 aromatic rings. The first kappa shape index (κ1) is 7.29. The van der Waals surface area contributed by atoms with Crippen molar-refractivity contribution in [2.24, 2.45) is 0 Å². The number of rotatable bonds is 0. The fraction of sp³-hybridized carbons (Fsp3) is 0. The number of thiophene rings is 2. The van der Waals surface area contributed by atoms with Crippen molar-refractivity contribution in [3.05, 3.63) is 32.9 Å². The van der Waals surface area contributed by atoms with Gasteiger partial charge in [0.2, 0.25) is 5.52 Å². The van der Waals surface area contributed by atoms with Crippen molar-refractivity contribution < 1.29 is 4.73 Å². The summed E-state index contributed by atoms with van der Waals surface area (Å²) in [5.74, 6) is 0. The molecule has 3 heterocycles. The largest absolute Gasteiger partial charge is 0.618 e. The van der Waals surface area contributed by atoms with E-state index in [0.717, 1.165) is 21.0 Å². The molecule has 2 nitrogen and oxygen atoms in total. The van der Waals surface area contributed by atoms with Crippen molar-refractivity contribution in [3.63, 3.8) is 0 Å². The van der Waals surface area contributed by atoms with E-state index in [2.05, 4.69) is 5.38 Å². The first-order chi connectivity index (χ1) is 6.36. The van der Waals surface area contributed by atoms with Gasteiger partial charge in [-0.2, -0.15) is 16.1 Å². The Morgan fingerprint density at radius 1 is 1.00 bits per heavy atom. The predicted octanol–water partition coefficient (Wildman–Crippen LogP) is 2.75. The number of aromatic nitrogens is 1. The van der Waals surface area contributed by atoms with E-state index in [4.69, 9.17) is 0 Å². The molecule has 0 aliphatic rings. The summed E-state index contributed by atoms with van der Waals surface area (Å²) in [4.78, 5) is 0. The van der Waals surface area contributed by atoms with Crippen LogP contribution in [0, 0.1) is 5.21 Å². The summed E-state index contributed by atoms with van der Waals surface area (Å²) in [6, 6.07) is 0. The minimum atomic E-state index is 0.774. The summed E-state index contributed by atoms with van der Waals surface area (Å²) in [6.45, 7) is 0. The fourth-order valence-corrected chi connectivity index (χ4v) is 3.10. The van der Waals surface area contributed by atoms with Gasteiger partial charge in [-0.15, -0.1) is 11.3 Å². The van der Waals surface area contributed by atoms with Gasteiger partial charge >= 0.3 is 0 Å². The molecular formula is C9H5NOS2. The van der Waals surface area contributed by atoms with Gasteiger partial charge in [-0.05, 0) is 5.38 Å². The summed E-state index contributed by atoms with van der Waals surface area (Å²) in [7, 11) is 0. The van der Waals surface area contributed by atoms with E-state index < -0.39 is 0 Å². The van der Waals surface area contributed by atoms with Crippen LogP contribution in [0.25, 0.3) is 21.7 Å². The molecule has 0 unspecified atom stereocenters. The highest BCUT2D eigenvalue weighted by Crippen LogP contribution is 2.27. The predicted molar refractivity (Wildman–Crippen MR) is 56.2 cm³/mol. The average Bonchev–Trinajstić information content (AvgIpc) is 2.66. The van der Waals surface area contributed by atoms with Gasteiger partial charge in [-0.1, -0.05) is 0 Å². The standard InChI is InChI=1S/C9H5NOS2/c11-10-1-6-2-12-3-7(6)8-4-13-5-9(8)10/h1-5H. The summed E-state index contributed by atoms with van der Waals surface area (Å²) in [5.41, 5.74) is 0.774. The normalized spacial score (nSPS) is 11.4. The van der Waals surface area contributed by atoms with Gasteiger partial charge in [0, 0.05) is 16.1 Å². The summed E-state index contributed by atoms with van der Waals surface area (Å²) >= 11 is 3.20. The Morgan fingerprint density at radius 3 is 2.69 bits per heavy atom. The third kappa shape index (κ3) is 0.897. The van der Waals surface area contributed by atoms with E-state index in [0.29, 0.717) is 0 Å². The van der Waals surface area contributed by atoms with Gasteiger partial charge in [0.15, 0.2) is 6.20 Å². The molecule has 13 heavy (non-hydrogen) atoms. The molecule has 0 bridgehead atoms. The molecule has 64 valence electrons. The Labute approximate surface area is 82.3 Å². The summed E-state index contributed by atoms with van der Waals surface area (Å²) in [5, 5.41) is 22.8. The lowest BCUT2D eigenvalue weighted by Crippen LogP contribution is -2.25. The maximum atomic E-state index is 11.5. The van der Waals surface area contributed by atoms with Crippen LogP contribution in [0.3, 0.4) is 0 Å². The molecule has 0 aliphatic heterocycles. The van der Waals surface area contributed by atoms with Gasteiger partial charge < -0.3 is 5.21 Å². The van der Waals surface area contributed by atoms with Crippen molar-refractivity contribution >= 4 is 44.3 Å². The van der Waals surface area contributed by atoms with E-state index in [1.54, 1.807) is 28.9 Å². The number of hydrogen-bond donors (Lipinski definition) is 0. The highest BCUT2D eigenvalue weighted by atomic mass is 32.1. The maximum absolute atomic E-state index is 11.5. The van der Waals surface area contributed by atoms with Crippen LogP contribution in [0.15, 0.2) is 27.7 Å². The van der Waals surface area contributed by atoms with Gasteiger partial charge in [0.25, 0.3) is 0 Å². The highest BCUT2D eigenvalue weighted by Gasteiger charge is 2.10. The van der Waals surface area contributed by atoms with E-state index in [1.165, 1.54) is 5.39 Å². The second-order valence-corrected chi connectivity index (χ2v) is 4.35. The van der Waals surface area contributed by atoms with Gasteiger partial charge in [0.05, 0.1) is 16.2 Å². The average molecular weight is 207 g/mol. The van der Waals surface area contributed by atoms with Crippen molar-refractivity contribution in [1.82, 2.24) is 0 Å². The molecule has 0 amide bonds. The quantitative estimate of drug-likeness (QED) is 0.411. The van der Waals surface area contributed by atoms with Crippen molar-refractivity contribution in [2.45, 2.75) is 0 Å². The molecule has 0 saturated heterocycles. The lowest BCUT2D eigenvalue weighted by Gasteiger charge is -1.97. The van der Waals surface area contributed by atoms with Gasteiger partial charge in [0.1, 0.15) is 0 Å². The SMILES string of the molecule is [O-][n+]1cc2cscc2c2cscc21. The highest BCUT2D eigenvalue weighted by molar-refractivity contribution is 7.10. The summed E-state index contributed by atoms with van der Waals surface area (Å²) in [6.07, 6.45) is 1.64. The fourth-order valence-electron chi connectivity index (χ4n) is 1.48. The van der Waals surface area contributed by atoms with E-state index in [-0.39, 0.29) is 0 Å². The molecule has 0 aromatic carbocycles. The van der Waals surface area contributed by atoms with Crippen LogP contribution in [0.1, 0.15) is 0 Å². The Bertz CT molecular complexity index is 581. The Kier molecular flexibility index (Phi) is 1.36. The first-order valence-electron chi connectivity index (χ1n) is 3.80. The van der Waals surface area contributed by atoms with Crippen LogP contribution in [0.2, 0.25) is 0 Å². The second kappa shape index (κ2) is 2.43. The van der Waals surface area contributed by atoms with E-state index >= 15 is 0 Å². The molecular weight excluding hydrogens is 202 g/mol. The van der Waals surface area contributed by atoms with Crippen LogP contribution >= 0.6 is 22.7 Å². The smallest absolute Gasteiger partial charge is 0.235 e. The molecule has 4 heteroatoms. The van der Waals surface area contributed by atoms with E-state index in [9.17, 15) is 5.21 Å². The molecule has 0 fully saturated rings. The molecule has 3 aromatic heterocycles. The third-order valence-electron chi connectivity index (χ3n) is 2.12. The third-order valence-corrected chi connectivity index (χ3v) is 3.61. The topological polar surface area (TPSA) is 26.9 Å². The zero-order valence-corrected chi connectivity index (χ0v) is 8.19. The van der Waals surface area contributed by atoms with Crippen LogP contribution < -0.4 is 4.73 Å². The lowest BCUT2D eigenvalue weighted by atomic mass is 10.2. The monoisotopic (exact) mass is 207 g/mol.